The lowest BCUT2D eigenvalue weighted by Crippen LogP contribution is -2.00. The molecule has 2 rings (SSSR count). The second-order valence-corrected chi connectivity index (χ2v) is 5.32. The summed E-state index contributed by atoms with van der Waals surface area (Å²) in [6.45, 7) is 2.90. The average molecular weight is 268 g/mol. The number of pyridine rings is 1. The van der Waals surface area contributed by atoms with Gasteiger partial charge in [-0.15, -0.1) is 11.3 Å². The average Bonchev–Trinajstić information content (AvgIpc) is 2.73. The zero-order chi connectivity index (χ0) is 12.3. The molecule has 0 aliphatic heterocycles. The monoisotopic (exact) mass is 267 g/mol. The number of nitrogens with zero attached hydrogens (tertiary/aromatic N) is 1. The number of hydrogen-bond donors (Lipinski definition) is 2. The van der Waals surface area contributed by atoms with Crippen LogP contribution in [-0.2, 0) is 13.0 Å². The Kier molecular flexibility index (Phi) is 3.86. The summed E-state index contributed by atoms with van der Waals surface area (Å²) in [5.74, 6) is 0.710. The molecule has 0 aliphatic rings. The first-order valence-electron chi connectivity index (χ1n) is 5.42. The van der Waals surface area contributed by atoms with E-state index in [9.17, 15) is 0 Å². The van der Waals surface area contributed by atoms with E-state index in [4.69, 9.17) is 17.3 Å². The number of aryl methyl sites for hydroxylation is 1. The molecule has 0 aromatic carbocycles. The quantitative estimate of drug-likeness (QED) is 0.833. The van der Waals surface area contributed by atoms with Crippen LogP contribution in [0.4, 0.5) is 11.5 Å². The van der Waals surface area contributed by atoms with Crippen LogP contribution in [0.15, 0.2) is 24.3 Å². The van der Waals surface area contributed by atoms with Gasteiger partial charge >= 0.3 is 0 Å². The van der Waals surface area contributed by atoms with Crippen molar-refractivity contribution >= 4 is 34.4 Å². The van der Waals surface area contributed by atoms with Gasteiger partial charge in [-0.25, -0.2) is 4.98 Å². The standard InChI is InChI=1S/C12H14ClN3S/c1-2-9-3-4-10(17-9)7-15-12-6-8(14)5-11(13)16-12/h3-6H,2,7H2,1H3,(H3,14,15,16). The van der Waals surface area contributed by atoms with E-state index in [1.165, 1.54) is 9.75 Å². The van der Waals surface area contributed by atoms with Crippen molar-refractivity contribution in [3.63, 3.8) is 0 Å². The minimum Gasteiger partial charge on any atom is -0.399 e. The van der Waals surface area contributed by atoms with E-state index in [-0.39, 0.29) is 0 Å². The number of anilines is 2. The molecule has 0 bridgehead atoms. The van der Waals surface area contributed by atoms with Gasteiger partial charge in [-0.1, -0.05) is 18.5 Å². The molecule has 17 heavy (non-hydrogen) atoms. The van der Waals surface area contributed by atoms with Crippen LogP contribution in [-0.4, -0.2) is 4.98 Å². The Morgan fingerprint density at radius 1 is 1.35 bits per heavy atom. The van der Waals surface area contributed by atoms with Crippen molar-refractivity contribution in [2.24, 2.45) is 0 Å². The number of halogens is 1. The maximum Gasteiger partial charge on any atom is 0.133 e. The topological polar surface area (TPSA) is 50.9 Å². The fourth-order valence-electron chi connectivity index (χ4n) is 1.49. The first-order chi connectivity index (χ1) is 8.17. The van der Waals surface area contributed by atoms with Gasteiger partial charge in [0.2, 0.25) is 0 Å². The molecular weight excluding hydrogens is 254 g/mol. The summed E-state index contributed by atoms with van der Waals surface area (Å²) in [6.07, 6.45) is 1.08. The van der Waals surface area contributed by atoms with Crippen molar-refractivity contribution < 1.29 is 0 Å². The first-order valence-corrected chi connectivity index (χ1v) is 6.61. The summed E-state index contributed by atoms with van der Waals surface area (Å²) < 4.78 is 0. The number of hydrogen-bond acceptors (Lipinski definition) is 4. The second-order valence-electron chi connectivity index (χ2n) is 3.68. The minimum atomic E-state index is 0.410. The van der Waals surface area contributed by atoms with Crippen molar-refractivity contribution in [3.05, 3.63) is 39.2 Å². The van der Waals surface area contributed by atoms with Crippen LogP contribution in [0, 0.1) is 0 Å². The predicted molar refractivity (Wildman–Crippen MR) is 74.7 cm³/mol. The molecule has 3 nitrogen and oxygen atoms in total. The van der Waals surface area contributed by atoms with Crippen molar-refractivity contribution in [2.75, 3.05) is 11.1 Å². The number of nitrogen functional groups attached to an aromatic ring is 1. The molecule has 0 unspecified atom stereocenters. The minimum absolute atomic E-state index is 0.410. The first kappa shape index (κ1) is 12.2. The molecule has 0 atom stereocenters. The Balaban J connectivity index is 2.01. The van der Waals surface area contributed by atoms with E-state index in [1.807, 2.05) is 0 Å². The summed E-state index contributed by atoms with van der Waals surface area (Å²) in [4.78, 5) is 6.82. The lowest BCUT2D eigenvalue weighted by Gasteiger charge is -2.05. The molecule has 0 radical (unpaired) electrons. The molecular formula is C12H14ClN3S. The molecule has 2 aromatic rings. The van der Waals surface area contributed by atoms with Crippen LogP contribution in [0.5, 0.6) is 0 Å². The summed E-state index contributed by atoms with van der Waals surface area (Å²) in [7, 11) is 0. The number of nitrogens with two attached hydrogens (primary N) is 1. The van der Waals surface area contributed by atoms with E-state index in [0.717, 1.165) is 13.0 Å². The van der Waals surface area contributed by atoms with Gasteiger partial charge in [0.05, 0.1) is 6.54 Å². The van der Waals surface area contributed by atoms with Crippen LogP contribution < -0.4 is 11.1 Å². The van der Waals surface area contributed by atoms with Crippen LogP contribution >= 0.6 is 22.9 Å². The van der Waals surface area contributed by atoms with Crippen LogP contribution in [0.3, 0.4) is 0 Å². The molecule has 2 heterocycles. The highest BCUT2D eigenvalue weighted by molar-refractivity contribution is 7.12. The molecule has 0 amide bonds. The third-order valence-corrected chi connectivity index (χ3v) is 3.75. The van der Waals surface area contributed by atoms with E-state index in [0.29, 0.717) is 16.7 Å². The van der Waals surface area contributed by atoms with E-state index < -0.39 is 0 Å². The van der Waals surface area contributed by atoms with Crippen LogP contribution in [0.1, 0.15) is 16.7 Å². The van der Waals surface area contributed by atoms with E-state index in [2.05, 4.69) is 29.4 Å². The number of rotatable bonds is 4. The highest BCUT2D eigenvalue weighted by Crippen LogP contribution is 2.20. The lowest BCUT2D eigenvalue weighted by atomic mass is 10.3. The van der Waals surface area contributed by atoms with Crippen molar-refractivity contribution in [3.8, 4) is 0 Å². The van der Waals surface area contributed by atoms with Gasteiger partial charge in [-0.3, -0.25) is 0 Å². The van der Waals surface area contributed by atoms with Gasteiger partial charge < -0.3 is 11.1 Å². The SMILES string of the molecule is CCc1ccc(CNc2cc(N)cc(Cl)n2)s1. The summed E-state index contributed by atoms with van der Waals surface area (Å²) in [5, 5.41) is 3.62. The predicted octanol–water partition coefficient (Wildman–Crippen LogP) is 3.55. The van der Waals surface area contributed by atoms with Gasteiger partial charge in [0, 0.05) is 21.5 Å². The third kappa shape index (κ3) is 3.35. The Morgan fingerprint density at radius 2 is 2.12 bits per heavy atom. The fourth-order valence-corrected chi connectivity index (χ4v) is 2.61. The van der Waals surface area contributed by atoms with E-state index >= 15 is 0 Å². The Bertz CT molecular complexity index is 490. The fraction of sp³-hybridized carbons (Fsp3) is 0.250. The molecule has 0 saturated carbocycles. The zero-order valence-corrected chi connectivity index (χ0v) is 11.1. The van der Waals surface area contributed by atoms with Crippen LogP contribution in [0.2, 0.25) is 5.15 Å². The summed E-state index contributed by atoms with van der Waals surface area (Å²) >= 11 is 7.64. The van der Waals surface area contributed by atoms with Crippen molar-refractivity contribution in [2.45, 2.75) is 19.9 Å². The Morgan fingerprint density at radius 3 is 2.76 bits per heavy atom. The molecule has 0 aliphatic carbocycles. The van der Waals surface area contributed by atoms with Crippen LogP contribution in [0.25, 0.3) is 0 Å². The molecule has 0 spiro atoms. The second kappa shape index (κ2) is 5.38. The lowest BCUT2D eigenvalue weighted by molar-refractivity contribution is 1.14. The largest absolute Gasteiger partial charge is 0.399 e. The highest BCUT2D eigenvalue weighted by Gasteiger charge is 2.01. The number of aromatic nitrogens is 1. The molecule has 0 fully saturated rings. The maximum atomic E-state index is 5.83. The molecule has 2 aromatic heterocycles. The Labute approximate surface area is 110 Å². The smallest absolute Gasteiger partial charge is 0.133 e. The van der Waals surface area contributed by atoms with Gasteiger partial charge in [0.1, 0.15) is 11.0 Å². The number of thiophene rings is 1. The molecule has 90 valence electrons. The maximum absolute atomic E-state index is 5.83. The molecule has 0 saturated heterocycles. The summed E-state index contributed by atoms with van der Waals surface area (Å²) in [5.41, 5.74) is 6.31. The third-order valence-electron chi connectivity index (χ3n) is 2.33. The van der Waals surface area contributed by atoms with Crippen molar-refractivity contribution in [1.29, 1.82) is 0 Å². The summed E-state index contributed by atoms with van der Waals surface area (Å²) in [6, 6.07) is 7.69. The number of nitrogens with one attached hydrogen (secondary N) is 1. The zero-order valence-electron chi connectivity index (χ0n) is 9.53. The van der Waals surface area contributed by atoms with Gasteiger partial charge in [-0.2, -0.15) is 0 Å². The Hall–Kier alpha value is -1.26. The van der Waals surface area contributed by atoms with Gasteiger partial charge in [0.25, 0.3) is 0 Å². The van der Waals surface area contributed by atoms with E-state index in [1.54, 1.807) is 23.5 Å². The molecule has 3 N–H and O–H groups in total. The molecule has 5 heteroatoms. The normalized spacial score (nSPS) is 10.5. The highest BCUT2D eigenvalue weighted by atomic mass is 35.5. The van der Waals surface area contributed by atoms with Gasteiger partial charge in [-0.05, 0) is 24.6 Å². The van der Waals surface area contributed by atoms with Crippen molar-refractivity contribution in [1.82, 2.24) is 4.98 Å². The van der Waals surface area contributed by atoms with Gasteiger partial charge in [0.15, 0.2) is 0 Å².